The fraction of sp³-hybridized carbons (Fsp3) is 0.273. The number of nitrogens with zero attached hydrogens (tertiary/aromatic N) is 1. The molecule has 2 nitrogen and oxygen atoms in total. The highest BCUT2D eigenvalue weighted by Gasteiger charge is 2.03. The van der Waals surface area contributed by atoms with Crippen LogP contribution in [-0.2, 0) is 11.2 Å². The second-order valence-corrected chi connectivity index (χ2v) is 3.04. The first-order valence-electron chi connectivity index (χ1n) is 4.10. The molecule has 0 aliphatic carbocycles. The maximum Gasteiger partial charge on any atom is 0.187 e. The van der Waals surface area contributed by atoms with E-state index >= 15 is 0 Å². The fourth-order valence-electron chi connectivity index (χ4n) is 1.44. The van der Waals surface area contributed by atoms with Gasteiger partial charge in [0.25, 0.3) is 0 Å². The molecule has 13 heavy (non-hydrogen) atoms. The number of aldehydes is 1. The summed E-state index contributed by atoms with van der Waals surface area (Å²) in [5, 5.41) is 0. The molecule has 0 aromatic heterocycles. The molecule has 0 atom stereocenters. The van der Waals surface area contributed by atoms with Gasteiger partial charge in [-0.15, -0.1) is 0 Å². The number of carbonyl (C=O) groups is 1. The summed E-state index contributed by atoms with van der Waals surface area (Å²) in [5.41, 5.74) is 3.74. The third kappa shape index (κ3) is 1.94. The maximum atomic E-state index is 10.4. The lowest BCUT2D eigenvalue weighted by Gasteiger charge is -2.06. The third-order valence-electron chi connectivity index (χ3n) is 2.10. The van der Waals surface area contributed by atoms with Gasteiger partial charge in [-0.2, -0.15) is 0 Å². The largest absolute Gasteiger partial charge is 0.303 e. The van der Waals surface area contributed by atoms with Gasteiger partial charge in [0.2, 0.25) is 0 Å². The van der Waals surface area contributed by atoms with Crippen molar-refractivity contribution in [2.45, 2.75) is 20.3 Å². The Morgan fingerprint density at radius 2 is 1.92 bits per heavy atom. The van der Waals surface area contributed by atoms with E-state index in [9.17, 15) is 4.79 Å². The van der Waals surface area contributed by atoms with E-state index in [-0.39, 0.29) is 0 Å². The molecule has 0 bridgehead atoms. The number of benzene rings is 1. The Morgan fingerprint density at radius 1 is 1.38 bits per heavy atom. The van der Waals surface area contributed by atoms with Gasteiger partial charge in [0.05, 0.1) is 6.57 Å². The highest BCUT2D eigenvalue weighted by Crippen LogP contribution is 2.22. The SMILES string of the molecule is [C-]#[N+]c1cc(C)c(CC=O)c(C)c1. The first kappa shape index (κ1) is 9.47. The topological polar surface area (TPSA) is 21.4 Å². The molecular weight excluding hydrogens is 162 g/mol. The molecule has 0 fully saturated rings. The number of hydrogen-bond donors (Lipinski definition) is 0. The summed E-state index contributed by atoms with van der Waals surface area (Å²) >= 11 is 0. The van der Waals surface area contributed by atoms with E-state index in [2.05, 4.69) is 4.85 Å². The molecular formula is C11H11NO. The highest BCUT2D eigenvalue weighted by molar-refractivity contribution is 5.61. The molecule has 0 N–H and O–H groups in total. The van der Waals surface area contributed by atoms with Gasteiger partial charge < -0.3 is 4.79 Å². The van der Waals surface area contributed by atoms with E-state index in [0.717, 1.165) is 23.0 Å². The minimum Gasteiger partial charge on any atom is -0.303 e. The molecule has 0 heterocycles. The molecule has 1 aromatic rings. The van der Waals surface area contributed by atoms with E-state index in [0.29, 0.717) is 12.1 Å². The van der Waals surface area contributed by atoms with Crippen molar-refractivity contribution < 1.29 is 4.79 Å². The van der Waals surface area contributed by atoms with Gasteiger partial charge in [-0.05, 0) is 19.4 Å². The first-order valence-corrected chi connectivity index (χ1v) is 4.10. The first-order chi connectivity index (χ1) is 6.19. The summed E-state index contributed by atoms with van der Waals surface area (Å²) in [7, 11) is 0. The number of aryl methyl sites for hydroxylation is 2. The maximum absolute atomic E-state index is 10.4. The van der Waals surface area contributed by atoms with Gasteiger partial charge >= 0.3 is 0 Å². The third-order valence-corrected chi connectivity index (χ3v) is 2.10. The fourth-order valence-corrected chi connectivity index (χ4v) is 1.44. The van der Waals surface area contributed by atoms with E-state index in [1.165, 1.54) is 0 Å². The zero-order valence-corrected chi connectivity index (χ0v) is 7.79. The molecule has 0 unspecified atom stereocenters. The zero-order valence-electron chi connectivity index (χ0n) is 7.79. The van der Waals surface area contributed by atoms with E-state index < -0.39 is 0 Å². The van der Waals surface area contributed by atoms with Crippen LogP contribution in [0.4, 0.5) is 5.69 Å². The van der Waals surface area contributed by atoms with Crippen molar-refractivity contribution in [1.82, 2.24) is 0 Å². The van der Waals surface area contributed by atoms with Crippen LogP contribution in [-0.4, -0.2) is 6.29 Å². The second-order valence-electron chi connectivity index (χ2n) is 3.04. The molecule has 66 valence electrons. The number of carbonyl (C=O) groups excluding carboxylic acids is 1. The Hall–Kier alpha value is -1.62. The summed E-state index contributed by atoms with van der Waals surface area (Å²) in [4.78, 5) is 13.7. The van der Waals surface area contributed by atoms with Crippen LogP contribution < -0.4 is 0 Å². The van der Waals surface area contributed by atoms with Crippen molar-refractivity contribution in [3.63, 3.8) is 0 Å². The predicted molar refractivity (Wildman–Crippen MR) is 51.9 cm³/mol. The Kier molecular flexibility index (Phi) is 2.81. The van der Waals surface area contributed by atoms with Gasteiger partial charge in [0, 0.05) is 6.42 Å². The van der Waals surface area contributed by atoms with Crippen molar-refractivity contribution in [3.8, 4) is 0 Å². The normalized spacial score (nSPS) is 9.31. The molecule has 0 radical (unpaired) electrons. The van der Waals surface area contributed by atoms with Crippen molar-refractivity contribution in [1.29, 1.82) is 0 Å². The zero-order chi connectivity index (χ0) is 9.84. The summed E-state index contributed by atoms with van der Waals surface area (Å²) in [6, 6.07) is 3.64. The van der Waals surface area contributed by atoms with Gasteiger partial charge in [0.1, 0.15) is 6.29 Å². The van der Waals surface area contributed by atoms with Crippen LogP contribution in [0.2, 0.25) is 0 Å². The van der Waals surface area contributed by atoms with Crippen molar-refractivity contribution in [2.75, 3.05) is 0 Å². The Bertz CT molecular complexity index is 351. The Labute approximate surface area is 78.0 Å². The van der Waals surface area contributed by atoms with Crippen molar-refractivity contribution in [3.05, 3.63) is 40.2 Å². The average Bonchev–Trinajstić information content (AvgIpc) is 2.11. The molecule has 0 saturated heterocycles. The second kappa shape index (κ2) is 3.86. The molecule has 0 amide bonds. The summed E-state index contributed by atoms with van der Waals surface area (Å²) < 4.78 is 0. The van der Waals surface area contributed by atoms with Crippen LogP contribution in [0.3, 0.4) is 0 Å². The summed E-state index contributed by atoms with van der Waals surface area (Å²) in [6.45, 7) is 10.7. The van der Waals surface area contributed by atoms with Crippen LogP contribution in [0.1, 0.15) is 16.7 Å². The van der Waals surface area contributed by atoms with Crippen molar-refractivity contribution >= 4 is 12.0 Å². The molecule has 0 aliphatic heterocycles. The van der Waals surface area contributed by atoms with Crippen LogP contribution in [0.15, 0.2) is 12.1 Å². The van der Waals surface area contributed by atoms with Gasteiger partial charge in [-0.1, -0.05) is 23.3 Å². The molecule has 2 heteroatoms. The predicted octanol–water partition coefficient (Wildman–Crippen LogP) is 2.60. The lowest BCUT2D eigenvalue weighted by molar-refractivity contribution is -0.107. The van der Waals surface area contributed by atoms with Crippen LogP contribution in [0.25, 0.3) is 4.85 Å². The Balaban J connectivity index is 3.24. The molecule has 0 saturated carbocycles. The lowest BCUT2D eigenvalue weighted by Crippen LogP contribution is -1.94. The van der Waals surface area contributed by atoms with Crippen LogP contribution in [0.5, 0.6) is 0 Å². The van der Waals surface area contributed by atoms with Crippen LogP contribution >= 0.6 is 0 Å². The van der Waals surface area contributed by atoms with Gasteiger partial charge in [-0.3, -0.25) is 0 Å². The minimum atomic E-state index is 0.440. The summed E-state index contributed by atoms with van der Waals surface area (Å²) in [6.07, 6.45) is 1.34. The Morgan fingerprint density at radius 3 is 2.31 bits per heavy atom. The quantitative estimate of drug-likeness (QED) is 0.497. The number of rotatable bonds is 2. The van der Waals surface area contributed by atoms with E-state index in [4.69, 9.17) is 6.57 Å². The molecule has 0 aliphatic rings. The standard InChI is InChI=1S/C11H11NO/c1-8-6-10(12-3)7-9(2)11(8)4-5-13/h5-7H,4H2,1-2H3. The van der Waals surface area contributed by atoms with E-state index in [1.807, 2.05) is 26.0 Å². The smallest absolute Gasteiger partial charge is 0.187 e. The number of hydrogen-bond acceptors (Lipinski definition) is 1. The molecule has 1 aromatic carbocycles. The van der Waals surface area contributed by atoms with Gasteiger partial charge in [0.15, 0.2) is 5.69 Å². The van der Waals surface area contributed by atoms with E-state index in [1.54, 1.807) is 0 Å². The summed E-state index contributed by atoms with van der Waals surface area (Å²) in [5.74, 6) is 0. The minimum absolute atomic E-state index is 0.440. The molecule has 0 spiro atoms. The monoisotopic (exact) mass is 173 g/mol. The highest BCUT2D eigenvalue weighted by atomic mass is 16.1. The average molecular weight is 173 g/mol. The molecule has 1 rings (SSSR count). The lowest BCUT2D eigenvalue weighted by atomic mass is 10.00. The van der Waals surface area contributed by atoms with Crippen LogP contribution in [0, 0.1) is 20.4 Å². The van der Waals surface area contributed by atoms with Gasteiger partial charge in [-0.25, -0.2) is 4.85 Å². The van der Waals surface area contributed by atoms with Crippen molar-refractivity contribution in [2.24, 2.45) is 0 Å².